The molecule has 17 heavy (non-hydrogen) atoms. The molecule has 2 fully saturated rings. The van der Waals surface area contributed by atoms with Crippen LogP contribution >= 0.6 is 11.8 Å². The highest BCUT2D eigenvalue weighted by molar-refractivity contribution is 7.99. The second-order valence-electron chi connectivity index (χ2n) is 4.97. The Hall–Kier alpha value is -0.420. The number of nitrogens with two attached hydrogens (primary N) is 1. The smallest absolute Gasteiger partial charge is 0.206 e. The summed E-state index contributed by atoms with van der Waals surface area (Å²) in [5.74, 6) is 8.82. The van der Waals surface area contributed by atoms with Gasteiger partial charge in [0.25, 0.3) is 0 Å². The van der Waals surface area contributed by atoms with Crippen molar-refractivity contribution in [3.8, 4) is 0 Å². The molecule has 0 spiro atoms. The molecule has 0 aromatic heterocycles. The van der Waals surface area contributed by atoms with Crippen LogP contribution in [0.15, 0.2) is 4.99 Å². The van der Waals surface area contributed by atoms with Crippen molar-refractivity contribution in [3.05, 3.63) is 0 Å². The van der Waals surface area contributed by atoms with Gasteiger partial charge in [0.15, 0.2) is 0 Å². The van der Waals surface area contributed by atoms with Crippen LogP contribution in [0.2, 0.25) is 0 Å². The van der Waals surface area contributed by atoms with E-state index in [1.54, 1.807) is 0 Å². The first-order chi connectivity index (χ1) is 8.38. The minimum absolute atomic E-state index is 0.471. The van der Waals surface area contributed by atoms with Crippen molar-refractivity contribution in [3.63, 3.8) is 0 Å². The van der Waals surface area contributed by atoms with Crippen molar-refractivity contribution in [1.82, 2.24) is 10.7 Å². The summed E-state index contributed by atoms with van der Waals surface area (Å²) in [6, 6.07) is 1.01. The van der Waals surface area contributed by atoms with E-state index in [1.807, 2.05) is 11.8 Å². The zero-order valence-corrected chi connectivity index (χ0v) is 11.3. The van der Waals surface area contributed by atoms with Gasteiger partial charge in [-0.3, -0.25) is 5.43 Å². The summed E-state index contributed by atoms with van der Waals surface area (Å²) in [5, 5.41) is 3.45. The Balaban J connectivity index is 1.83. The van der Waals surface area contributed by atoms with Gasteiger partial charge in [0.2, 0.25) is 5.96 Å². The molecule has 1 saturated carbocycles. The fraction of sp³-hybridized carbons (Fsp3) is 0.917. The summed E-state index contributed by atoms with van der Waals surface area (Å²) in [6.07, 6.45) is 8.95. The van der Waals surface area contributed by atoms with Crippen molar-refractivity contribution >= 4 is 17.7 Å². The lowest BCUT2D eigenvalue weighted by atomic mass is 9.96. The van der Waals surface area contributed by atoms with Crippen LogP contribution in [0, 0.1) is 0 Å². The van der Waals surface area contributed by atoms with Gasteiger partial charge in [-0.15, -0.1) is 0 Å². The average Bonchev–Trinajstić information content (AvgIpc) is 2.40. The van der Waals surface area contributed by atoms with Crippen molar-refractivity contribution < 1.29 is 0 Å². The summed E-state index contributed by atoms with van der Waals surface area (Å²) < 4.78 is 0. The Labute approximate surface area is 108 Å². The Morgan fingerprint density at radius 2 is 1.94 bits per heavy atom. The van der Waals surface area contributed by atoms with Crippen LogP contribution < -0.4 is 16.6 Å². The third-order valence-corrected chi connectivity index (χ3v) is 4.74. The Kier molecular flexibility index (Phi) is 5.45. The molecule has 0 bridgehead atoms. The van der Waals surface area contributed by atoms with Crippen molar-refractivity contribution in [2.24, 2.45) is 10.8 Å². The first-order valence-corrected chi connectivity index (χ1v) is 7.92. The van der Waals surface area contributed by atoms with Crippen molar-refractivity contribution in [1.29, 1.82) is 0 Å². The summed E-state index contributed by atoms with van der Waals surface area (Å²) in [7, 11) is 0. The van der Waals surface area contributed by atoms with Gasteiger partial charge in [0.05, 0.1) is 6.04 Å². The maximum atomic E-state index is 5.56. The van der Waals surface area contributed by atoms with E-state index in [1.165, 1.54) is 56.5 Å². The van der Waals surface area contributed by atoms with E-state index in [0.29, 0.717) is 12.1 Å². The Bertz CT molecular complexity index is 245. The molecular weight excluding hydrogens is 232 g/mol. The standard InChI is InChI=1S/C12H24N4S/c13-16-12(14-10-5-2-1-3-6-10)15-11-7-4-8-17-9-11/h10-11H,1-9,13H2,(H2,14,15,16). The maximum absolute atomic E-state index is 5.56. The number of aliphatic imine (C=N–C) groups is 1. The van der Waals surface area contributed by atoms with Gasteiger partial charge >= 0.3 is 0 Å². The van der Waals surface area contributed by atoms with Crippen LogP contribution in [0.25, 0.3) is 0 Å². The number of guanidine groups is 1. The Morgan fingerprint density at radius 3 is 2.59 bits per heavy atom. The minimum Gasteiger partial charge on any atom is -0.352 e. The third kappa shape index (κ3) is 4.39. The third-order valence-electron chi connectivity index (χ3n) is 3.52. The van der Waals surface area contributed by atoms with Gasteiger partial charge in [0, 0.05) is 11.8 Å². The predicted octanol–water partition coefficient (Wildman–Crippen LogP) is 1.62. The van der Waals surface area contributed by atoms with Gasteiger partial charge in [-0.1, -0.05) is 19.3 Å². The van der Waals surface area contributed by atoms with E-state index >= 15 is 0 Å². The molecule has 4 N–H and O–H groups in total. The number of nitrogens with zero attached hydrogens (tertiary/aromatic N) is 1. The SMILES string of the molecule is NNC(=NC1CCCCC1)NC1CCCSC1. The second kappa shape index (κ2) is 7.11. The molecule has 0 aromatic rings. The van der Waals surface area contributed by atoms with E-state index in [-0.39, 0.29) is 0 Å². The molecule has 2 aliphatic rings. The Morgan fingerprint density at radius 1 is 1.12 bits per heavy atom. The quantitative estimate of drug-likeness (QED) is 0.304. The van der Waals surface area contributed by atoms with Gasteiger partial charge < -0.3 is 5.32 Å². The van der Waals surface area contributed by atoms with Crippen LogP contribution in [0.3, 0.4) is 0 Å². The number of hydrazine groups is 1. The molecule has 2 rings (SSSR count). The molecule has 1 aliphatic heterocycles. The molecule has 0 amide bonds. The minimum atomic E-state index is 0.471. The van der Waals surface area contributed by atoms with E-state index in [9.17, 15) is 0 Å². The fourth-order valence-electron chi connectivity index (χ4n) is 2.56. The lowest BCUT2D eigenvalue weighted by Gasteiger charge is -2.25. The molecule has 4 nitrogen and oxygen atoms in total. The summed E-state index contributed by atoms with van der Waals surface area (Å²) in [5.41, 5.74) is 2.73. The van der Waals surface area contributed by atoms with Gasteiger partial charge in [-0.05, 0) is 31.4 Å². The predicted molar refractivity (Wildman–Crippen MR) is 75.1 cm³/mol. The van der Waals surface area contributed by atoms with Crippen molar-refractivity contribution in [2.75, 3.05) is 11.5 Å². The van der Waals surface area contributed by atoms with E-state index in [2.05, 4.69) is 10.7 Å². The zero-order chi connectivity index (χ0) is 11.9. The molecule has 1 atom stereocenters. The van der Waals surface area contributed by atoms with Crippen molar-refractivity contribution in [2.45, 2.75) is 57.0 Å². The van der Waals surface area contributed by atoms with Crippen LogP contribution in [0.4, 0.5) is 0 Å². The molecule has 1 aliphatic carbocycles. The van der Waals surface area contributed by atoms with E-state index in [4.69, 9.17) is 10.8 Å². The monoisotopic (exact) mass is 256 g/mol. The maximum Gasteiger partial charge on any atom is 0.206 e. The number of nitrogens with one attached hydrogen (secondary N) is 2. The van der Waals surface area contributed by atoms with Crippen LogP contribution in [0.1, 0.15) is 44.9 Å². The second-order valence-corrected chi connectivity index (χ2v) is 6.12. The topological polar surface area (TPSA) is 62.4 Å². The van der Waals surface area contributed by atoms with E-state index < -0.39 is 0 Å². The zero-order valence-electron chi connectivity index (χ0n) is 10.5. The fourth-order valence-corrected chi connectivity index (χ4v) is 3.63. The molecule has 1 saturated heterocycles. The lowest BCUT2D eigenvalue weighted by molar-refractivity contribution is 0.439. The molecule has 98 valence electrons. The molecular formula is C12H24N4S. The van der Waals surface area contributed by atoms with Gasteiger partial charge in [-0.2, -0.15) is 11.8 Å². The van der Waals surface area contributed by atoms with Crippen LogP contribution in [0.5, 0.6) is 0 Å². The first kappa shape index (κ1) is 13.0. The number of thioether (sulfide) groups is 1. The highest BCUT2D eigenvalue weighted by Gasteiger charge is 2.17. The lowest BCUT2D eigenvalue weighted by Crippen LogP contribution is -2.48. The molecule has 1 unspecified atom stereocenters. The van der Waals surface area contributed by atoms with Gasteiger partial charge in [0.1, 0.15) is 0 Å². The molecule has 0 radical (unpaired) electrons. The molecule has 0 aromatic carbocycles. The number of rotatable bonds is 2. The largest absolute Gasteiger partial charge is 0.352 e. The average molecular weight is 256 g/mol. The normalized spacial score (nSPS) is 27.8. The number of hydrogen-bond acceptors (Lipinski definition) is 3. The molecule has 5 heteroatoms. The highest BCUT2D eigenvalue weighted by atomic mass is 32.2. The molecule has 1 heterocycles. The van der Waals surface area contributed by atoms with Crippen LogP contribution in [-0.4, -0.2) is 29.5 Å². The summed E-state index contributed by atoms with van der Waals surface area (Å²) >= 11 is 2.02. The highest BCUT2D eigenvalue weighted by Crippen LogP contribution is 2.20. The number of hydrogen-bond donors (Lipinski definition) is 3. The first-order valence-electron chi connectivity index (χ1n) is 6.77. The summed E-state index contributed by atoms with van der Waals surface area (Å²) in [6.45, 7) is 0. The van der Waals surface area contributed by atoms with Gasteiger partial charge in [-0.25, -0.2) is 10.8 Å². The van der Waals surface area contributed by atoms with Crippen LogP contribution in [-0.2, 0) is 0 Å². The van der Waals surface area contributed by atoms with E-state index in [0.717, 1.165) is 5.96 Å². The summed E-state index contributed by atoms with van der Waals surface area (Å²) in [4.78, 5) is 4.71.